The molecule has 14 heavy (non-hydrogen) atoms. The van der Waals surface area contributed by atoms with Gasteiger partial charge in [0.15, 0.2) is 0 Å². The molecule has 0 spiro atoms. The average molecular weight is 248 g/mol. The number of aryl methyl sites for hydroxylation is 1. The van der Waals surface area contributed by atoms with E-state index in [-0.39, 0.29) is 0 Å². The highest BCUT2D eigenvalue weighted by Crippen LogP contribution is 2.24. The SMILES string of the molecule is C#CCCn1ccc2c(Br)cccc21. The zero-order valence-corrected chi connectivity index (χ0v) is 9.29. The molecule has 0 unspecified atom stereocenters. The van der Waals surface area contributed by atoms with Crippen LogP contribution in [0, 0.1) is 12.3 Å². The molecule has 0 aliphatic carbocycles. The molecular weight excluding hydrogens is 238 g/mol. The first-order valence-electron chi connectivity index (χ1n) is 4.50. The van der Waals surface area contributed by atoms with Gasteiger partial charge in [-0.25, -0.2) is 0 Å². The number of aromatic nitrogens is 1. The van der Waals surface area contributed by atoms with Crippen molar-refractivity contribution in [2.45, 2.75) is 13.0 Å². The molecule has 2 rings (SSSR count). The average Bonchev–Trinajstić information content (AvgIpc) is 2.60. The third-order valence-corrected chi connectivity index (χ3v) is 2.95. The molecule has 0 N–H and O–H groups in total. The molecule has 0 aliphatic heterocycles. The quantitative estimate of drug-likeness (QED) is 0.717. The lowest BCUT2D eigenvalue weighted by Crippen LogP contribution is -1.93. The first-order chi connectivity index (χ1) is 6.83. The first-order valence-corrected chi connectivity index (χ1v) is 5.29. The summed E-state index contributed by atoms with van der Waals surface area (Å²) in [6, 6.07) is 8.30. The standard InChI is InChI=1S/C12H10BrN/c1-2-3-8-14-9-7-10-11(13)5-4-6-12(10)14/h1,4-7,9H,3,8H2. The molecule has 2 heteroatoms. The van der Waals surface area contributed by atoms with Gasteiger partial charge in [-0.15, -0.1) is 12.3 Å². The number of halogens is 1. The fourth-order valence-corrected chi connectivity index (χ4v) is 2.05. The number of terminal acetylenes is 1. The highest BCUT2D eigenvalue weighted by molar-refractivity contribution is 9.10. The Morgan fingerprint density at radius 1 is 1.36 bits per heavy atom. The van der Waals surface area contributed by atoms with Crippen LogP contribution in [0.5, 0.6) is 0 Å². The number of hydrogen-bond donors (Lipinski definition) is 0. The van der Waals surface area contributed by atoms with Gasteiger partial charge in [-0.05, 0) is 18.2 Å². The van der Waals surface area contributed by atoms with E-state index in [1.54, 1.807) is 0 Å². The van der Waals surface area contributed by atoms with E-state index in [4.69, 9.17) is 6.42 Å². The molecule has 0 aliphatic rings. The second-order valence-electron chi connectivity index (χ2n) is 3.14. The largest absolute Gasteiger partial charge is 0.346 e. The summed E-state index contributed by atoms with van der Waals surface area (Å²) in [6.07, 6.45) is 8.10. The van der Waals surface area contributed by atoms with E-state index in [1.807, 2.05) is 12.1 Å². The van der Waals surface area contributed by atoms with Crippen molar-refractivity contribution in [1.29, 1.82) is 0 Å². The molecule has 0 atom stereocenters. The van der Waals surface area contributed by atoms with Gasteiger partial charge in [0.1, 0.15) is 0 Å². The van der Waals surface area contributed by atoms with Crippen LogP contribution in [0.15, 0.2) is 34.9 Å². The molecule has 1 heterocycles. The van der Waals surface area contributed by atoms with Crippen molar-refractivity contribution in [2.24, 2.45) is 0 Å². The maximum atomic E-state index is 5.25. The summed E-state index contributed by atoms with van der Waals surface area (Å²) < 4.78 is 3.31. The maximum Gasteiger partial charge on any atom is 0.0492 e. The maximum absolute atomic E-state index is 5.25. The van der Waals surface area contributed by atoms with E-state index in [9.17, 15) is 0 Å². The normalized spacial score (nSPS) is 10.3. The molecule has 0 radical (unpaired) electrons. The summed E-state index contributed by atoms with van der Waals surface area (Å²) in [6.45, 7) is 0.885. The smallest absolute Gasteiger partial charge is 0.0492 e. The Morgan fingerprint density at radius 2 is 2.21 bits per heavy atom. The second-order valence-corrected chi connectivity index (χ2v) is 3.99. The van der Waals surface area contributed by atoms with Crippen LogP contribution >= 0.6 is 15.9 Å². The fourth-order valence-electron chi connectivity index (χ4n) is 1.57. The Bertz CT molecular complexity index is 490. The number of hydrogen-bond acceptors (Lipinski definition) is 0. The number of rotatable bonds is 2. The predicted molar refractivity (Wildman–Crippen MR) is 63.1 cm³/mol. The molecule has 0 fully saturated rings. The molecule has 0 saturated carbocycles. The van der Waals surface area contributed by atoms with Gasteiger partial charge in [0.2, 0.25) is 0 Å². The molecule has 1 nitrogen and oxygen atoms in total. The van der Waals surface area contributed by atoms with Gasteiger partial charge in [0.05, 0.1) is 0 Å². The van der Waals surface area contributed by atoms with E-state index in [2.05, 4.69) is 44.7 Å². The van der Waals surface area contributed by atoms with Gasteiger partial charge in [0, 0.05) is 34.5 Å². The summed E-state index contributed by atoms with van der Waals surface area (Å²) in [5.41, 5.74) is 1.23. The van der Waals surface area contributed by atoms with Crippen molar-refractivity contribution in [1.82, 2.24) is 4.57 Å². The van der Waals surface area contributed by atoms with Gasteiger partial charge < -0.3 is 4.57 Å². The van der Waals surface area contributed by atoms with Gasteiger partial charge >= 0.3 is 0 Å². The number of benzene rings is 1. The van der Waals surface area contributed by atoms with Crippen LogP contribution in [0.1, 0.15) is 6.42 Å². The molecule has 70 valence electrons. The van der Waals surface area contributed by atoms with E-state index in [0.717, 1.165) is 17.4 Å². The molecular formula is C12H10BrN. The molecule has 0 saturated heterocycles. The number of fused-ring (bicyclic) bond motifs is 1. The van der Waals surface area contributed by atoms with Crippen molar-refractivity contribution in [3.63, 3.8) is 0 Å². The molecule has 0 amide bonds. The zero-order valence-electron chi connectivity index (χ0n) is 7.70. The van der Waals surface area contributed by atoms with Crippen molar-refractivity contribution in [2.75, 3.05) is 0 Å². The lowest BCUT2D eigenvalue weighted by atomic mass is 10.2. The third-order valence-electron chi connectivity index (χ3n) is 2.26. The minimum absolute atomic E-state index is 0.774. The zero-order chi connectivity index (χ0) is 9.97. The van der Waals surface area contributed by atoms with Crippen LogP contribution in [0.2, 0.25) is 0 Å². The summed E-state index contributed by atoms with van der Waals surface area (Å²) in [7, 11) is 0. The third kappa shape index (κ3) is 1.56. The Balaban J connectivity index is 2.48. The lowest BCUT2D eigenvalue weighted by Gasteiger charge is -2.02. The van der Waals surface area contributed by atoms with Gasteiger partial charge in [-0.3, -0.25) is 0 Å². The first kappa shape index (κ1) is 9.36. The van der Waals surface area contributed by atoms with E-state index in [1.165, 1.54) is 10.9 Å². The van der Waals surface area contributed by atoms with Crippen LogP contribution < -0.4 is 0 Å². The fraction of sp³-hybridized carbons (Fsp3) is 0.167. The second kappa shape index (κ2) is 3.89. The lowest BCUT2D eigenvalue weighted by molar-refractivity contribution is 0.749. The van der Waals surface area contributed by atoms with E-state index in [0.29, 0.717) is 0 Å². The molecule has 2 aromatic rings. The predicted octanol–water partition coefficient (Wildman–Crippen LogP) is 3.43. The Kier molecular flexibility index (Phi) is 2.60. The van der Waals surface area contributed by atoms with Crippen molar-refractivity contribution >= 4 is 26.8 Å². The van der Waals surface area contributed by atoms with Crippen LogP contribution in [-0.2, 0) is 6.54 Å². The van der Waals surface area contributed by atoms with Gasteiger partial charge in [0.25, 0.3) is 0 Å². The minimum atomic E-state index is 0.774. The molecule has 0 bridgehead atoms. The van der Waals surface area contributed by atoms with Crippen LogP contribution in [-0.4, -0.2) is 4.57 Å². The van der Waals surface area contributed by atoms with E-state index >= 15 is 0 Å². The van der Waals surface area contributed by atoms with Crippen molar-refractivity contribution in [3.05, 3.63) is 34.9 Å². The van der Waals surface area contributed by atoms with Crippen LogP contribution in [0.3, 0.4) is 0 Å². The Labute approximate surface area is 91.9 Å². The van der Waals surface area contributed by atoms with Crippen molar-refractivity contribution < 1.29 is 0 Å². The highest BCUT2D eigenvalue weighted by Gasteiger charge is 2.02. The Hall–Kier alpha value is -1.20. The molecule has 1 aromatic carbocycles. The van der Waals surface area contributed by atoms with Crippen molar-refractivity contribution in [3.8, 4) is 12.3 Å². The summed E-state index contributed by atoms with van der Waals surface area (Å²) in [5.74, 6) is 2.65. The summed E-state index contributed by atoms with van der Waals surface area (Å²) >= 11 is 3.52. The molecule has 1 aromatic heterocycles. The Morgan fingerprint density at radius 3 is 3.00 bits per heavy atom. The van der Waals surface area contributed by atoms with Gasteiger partial charge in [-0.1, -0.05) is 22.0 Å². The van der Waals surface area contributed by atoms with Crippen LogP contribution in [0.4, 0.5) is 0 Å². The summed E-state index contributed by atoms with van der Waals surface area (Å²) in [5, 5.41) is 1.24. The van der Waals surface area contributed by atoms with Crippen LogP contribution in [0.25, 0.3) is 10.9 Å². The topological polar surface area (TPSA) is 4.93 Å². The number of nitrogens with zero attached hydrogens (tertiary/aromatic N) is 1. The monoisotopic (exact) mass is 247 g/mol. The summed E-state index contributed by atoms with van der Waals surface area (Å²) in [4.78, 5) is 0. The minimum Gasteiger partial charge on any atom is -0.346 e. The van der Waals surface area contributed by atoms with E-state index < -0.39 is 0 Å². The van der Waals surface area contributed by atoms with Gasteiger partial charge in [-0.2, -0.15) is 0 Å². The highest BCUT2D eigenvalue weighted by atomic mass is 79.9.